The molecule has 224 valence electrons. The van der Waals surface area contributed by atoms with Crippen LogP contribution in [0.4, 0.5) is 0 Å². The van der Waals surface area contributed by atoms with Gasteiger partial charge >= 0.3 is 0 Å². The summed E-state index contributed by atoms with van der Waals surface area (Å²) in [6.07, 6.45) is 6.24. The summed E-state index contributed by atoms with van der Waals surface area (Å²) in [7, 11) is -3.29. The Kier molecular flexibility index (Phi) is 8.60. The normalized spacial score (nSPS) is 16.4. The van der Waals surface area contributed by atoms with E-state index in [0.717, 1.165) is 45.8 Å². The van der Waals surface area contributed by atoms with E-state index in [1.165, 1.54) is 19.3 Å². The average Bonchev–Trinajstić information content (AvgIpc) is 3.33. The summed E-state index contributed by atoms with van der Waals surface area (Å²) in [4.78, 5) is 10.1. The molecule has 0 spiro atoms. The highest BCUT2D eigenvalue weighted by molar-refractivity contribution is 7.84. The van der Waals surface area contributed by atoms with Crippen molar-refractivity contribution in [2.45, 2.75) is 95.7 Å². The van der Waals surface area contributed by atoms with Crippen LogP contribution in [0.5, 0.6) is 0 Å². The molecule has 1 fully saturated rings. The zero-order chi connectivity index (χ0) is 30.3. The maximum absolute atomic E-state index is 12.3. The zero-order valence-corrected chi connectivity index (χ0v) is 27.9. The van der Waals surface area contributed by atoms with Gasteiger partial charge in [-0.3, -0.25) is 10.1 Å². The van der Waals surface area contributed by atoms with Gasteiger partial charge in [-0.1, -0.05) is 51.5 Å². The molecule has 0 amide bonds. The Morgan fingerprint density at radius 3 is 2.45 bits per heavy atom. The predicted octanol–water partition coefficient (Wildman–Crippen LogP) is 7.68. The maximum atomic E-state index is 12.3. The Balaban J connectivity index is 1.44. The van der Waals surface area contributed by atoms with E-state index in [2.05, 4.69) is 70.3 Å². The fourth-order valence-corrected chi connectivity index (χ4v) is 6.57. The van der Waals surface area contributed by atoms with Gasteiger partial charge in [0.25, 0.3) is 0 Å². The third kappa shape index (κ3) is 6.44. The molecule has 1 aromatic carbocycles. The molecule has 1 unspecified atom stereocenters. The average molecular weight is 604 g/mol. The molecule has 2 N–H and O–H groups in total. The van der Waals surface area contributed by atoms with Crippen molar-refractivity contribution >= 4 is 30.2 Å². The van der Waals surface area contributed by atoms with Gasteiger partial charge in [0, 0.05) is 22.6 Å². The number of aromatic nitrogens is 4. The maximum Gasteiger partial charge on any atom is 0.192 e. The minimum Gasteiger partial charge on any atom is -0.411 e. The van der Waals surface area contributed by atoms with Gasteiger partial charge in [-0.15, -0.1) is 0 Å². The van der Waals surface area contributed by atoms with Crippen LogP contribution in [0.1, 0.15) is 77.6 Å². The summed E-state index contributed by atoms with van der Waals surface area (Å²) in [5.41, 5.74) is 4.88. The van der Waals surface area contributed by atoms with E-state index in [1.807, 2.05) is 42.9 Å². The molecule has 0 radical (unpaired) electrons. The number of pyridine rings is 2. The van der Waals surface area contributed by atoms with E-state index in [1.54, 1.807) is 0 Å². The first-order valence-corrected chi connectivity index (χ1v) is 19.1. The minimum atomic E-state index is -1.89. The fourth-order valence-electron chi connectivity index (χ4n) is 5.28. The molecule has 5 rings (SSSR count). The quantitative estimate of drug-likeness (QED) is 0.188. The Hall–Kier alpha value is -2.72. The van der Waals surface area contributed by atoms with Gasteiger partial charge < -0.3 is 4.43 Å². The monoisotopic (exact) mass is 603 g/mol. The zero-order valence-electron chi connectivity index (χ0n) is 26.1. The standard InChI is InChI=1S/C33H45N5O2SSi/c1-32(2,3)42(6,7)40-22-26-13-9-16-31(36-26)38-30-19-24(17-18-25(30)21-35-38)28-14-10-15-29(37-28)27(23-11-8-12-23)20-33(4,5)41(34)39/h9-10,13-19,21,23,27H,8,11-12,20,22,34H2,1-7H3/t27-,41?/m0/s1. The molecule has 7 nitrogen and oxygen atoms in total. The molecular formula is C33H45N5O2SSi. The molecule has 0 bridgehead atoms. The van der Waals surface area contributed by atoms with Crippen LogP contribution in [0, 0.1) is 5.92 Å². The second-order valence-corrected chi connectivity index (χ2v) is 20.4. The molecule has 9 heteroatoms. The van der Waals surface area contributed by atoms with Crippen LogP contribution in [-0.2, 0) is 22.0 Å². The van der Waals surface area contributed by atoms with Crippen LogP contribution >= 0.6 is 0 Å². The minimum absolute atomic E-state index is 0.141. The Labute approximate surface area is 254 Å². The third-order valence-electron chi connectivity index (χ3n) is 9.39. The van der Waals surface area contributed by atoms with Gasteiger partial charge in [-0.2, -0.15) is 5.10 Å². The van der Waals surface area contributed by atoms with E-state index in [9.17, 15) is 4.21 Å². The smallest absolute Gasteiger partial charge is 0.192 e. The van der Waals surface area contributed by atoms with Crippen molar-refractivity contribution in [3.63, 3.8) is 0 Å². The molecule has 3 heterocycles. The van der Waals surface area contributed by atoms with Crippen molar-refractivity contribution in [3.8, 4) is 17.1 Å². The van der Waals surface area contributed by atoms with Gasteiger partial charge in [0.1, 0.15) is 0 Å². The summed E-state index contributed by atoms with van der Waals surface area (Å²) >= 11 is 0. The lowest BCUT2D eigenvalue weighted by atomic mass is 9.71. The van der Waals surface area contributed by atoms with Crippen LogP contribution in [0.15, 0.2) is 60.8 Å². The van der Waals surface area contributed by atoms with E-state index >= 15 is 0 Å². The van der Waals surface area contributed by atoms with Crippen LogP contribution in [0.25, 0.3) is 28.0 Å². The molecule has 1 aliphatic carbocycles. The highest BCUT2D eigenvalue weighted by atomic mass is 32.2. The van der Waals surface area contributed by atoms with Gasteiger partial charge in [-0.25, -0.2) is 13.9 Å². The highest BCUT2D eigenvalue weighted by Crippen LogP contribution is 2.44. The molecule has 2 atom stereocenters. The van der Waals surface area contributed by atoms with Crippen LogP contribution < -0.4 is 5.14 Å². The van der Waals surface area contributed by atoms with Crippen LogP contribution in [-0.4, -0.2) is 37.0 Å². The molecule has 1 saturated carbocycles. The van der Waals surface area contributed by atoms with E-state index in [-0.39, 0.29) is 11.0 Å². The van der Waals surface area contributed by atoms with Crippen molar-refractivity contribution in [3.05, 3.63) is 72.2 Å². The molecule has 0 aliphatic heterocycles. The van der Waals surface area contributed by atoms with Crippen molar-refractivity contribution in [1.82, 2.24) is 19.7 Å². The van der Waals surface area contributed by atoms with Gasteiger partial charge in [-0.05, 0) is 87.5 Å². The van der Waals surface area contributed by atoms with E-state index in [0.29, 0.717) is 12.5 Å². The van der Waals surface area contributed by atoms with Crippen molar-refractivity contribution in [2.75, 3.05) is 0 Å². The summed E-state index contributed by atoms with van der Waals surface area (Å²) in [6, 6.07) is 18.6. The van der Waals surface area contributed by atoms with Gasteiger partial charge in [0.05, 0.1) is 45.4 Å². The Bertz CT molecular complexity index is 1590. The summed E-state index contributed by atoms with van der Waals surface area (Å²) in [5, 5.41) is 11.8. The van der Waals surface area contributed by atoms with Crippen molar-refractivity contribution in [1.29, 1.82) is 0 Å². The highest BCUT2D eigenvalue weighted by Gasteiger charge is 2.38. The number of fused-ring (bicyclic) bond motifs is 1. The van der Waals surface area contributed by atoms with E-state index in [4.69, 9.17) is 24.6 Å². The van der Waals surface area contributed by atoms with Crippen LogP contribution in [0.3, 0.4) is 0 Å². The lowest BCUT2D eigenvalue weighted by Gasteiger charge is -2.37. The predicted molar refractivity (Wildman–Crippen MR) is 175 cm³/mol. The second-order valence-electron chi connectivity index (χ2n) is 13.9. The number of nitrogens with zero attached hydrogens (tertiary/aromatic N) is 4. The topological polar surface area (TPSA) is 95.9 Å². The Morgan fingerprint density at radius 2 is 1.79 bits per heavy atom. The van der Waals surface area contributed by atoms with Gasteiger partial charge in [0.2, 0.25) is 0 Å². The number of rotatable bonds is 10. The first-order valence-electron chi connectivity index (χ1n) is 15.0. The molecular weight excluding hydrogens is 559 g/mol. The molecule has 4 aromatic rings. The molecule has 3 aromatic heterocycles. The first kappa shape index (κ1) is 30.7. The summed E-state index contributed by atoms with van der Waals surface area (Å²) in [6.45, 7) is 15.7. The largest absolute Gasteiger partial charge is 0.411 e. The van der Waals surface area contributed by atoms with E-state index < -0.39 is 24.1 Å². The number of benzene rings is 1. The van der Waals surface area contributed by atoms with Crippen molar-refractivity contribution < 1.29 is 8.63 Å². The summed E-state index contributed by atoms with van der Waals surface area (Å²) in [5.74, 6) is 1.55. The van der Waals surface area contributed by atoms with Crippen molar-refractivity contribution in [2.24, 2.45) is 11.1 Å². The molecule has 0 saturated heterocycles. The SMILES string of the molecule is CC(C)(C[C@H](c1cccc(-c2ccc3cnn(-c4cccc(CO[Si](C)(C)C(C)(C)C)n4)c3c2)n1)C1CCC1)S(N)=O. The summed E-state index contributed by atoms with van der Waals surface area (Å²) < 4.78 is 20.1. The Morgan fingerprint density at radius 1 is 1.05 bits per heavy atom. The fraction of sp³-hybridized carbons (Fsp3) is 0.485. The molecule has 42 heavy (non-hydrogen) atoms. The number of nitrogens with two attached hydrogens (primary N) is 1. The first-order chi connectivity index (χ1) is 19.7. The second kappa shape index (κ2) is 11.8. The lowest BCUT2D eigenvalue weighted by Crippen LogP contribution is -2.40. The number of hydrogen-bond donors (Lipinski definition) is 1. The third-order valence-corrected chi connectivity index (χ3v) is 15.1. The number of hydrogen-bond acceptors (Lipinski definition) is 5. The van der Waals surface area contributed by atoms with Gasteiger partial charge in [0.15, 0.2) is 14.1 Å². The van der Waals surface area contributed by atoms with Crippen LogP contribution in [0.2, 0.25) is 18.1 Å². The molecule has 1 aliphatic rings. The lowest BCUT2D eigenvalue weighted by molar-refractivity contribution is 0.238.